The number of hydrogen-bond donors (Lipinski definition) is 1. The summed E-state index contributed by atoms with van der Waals surface area (Å²) < 4.78 is 29.1. The molecule has 11 heteroatoms. The molecule has 2 heterocycles. The number of carboxylic acids is 1. The molecular formula is C38H44ClFN4O5. The van der Waals surface area contributed by atoms with Gasteiger partial charge in [-0.15, -0.1) is 0 Å². The van der Waals surface area contributed by atoms with E-state index in [1.165, 1.54) is 12.1 Å². The molecule has 2 aromatic heterocycles. The van der Waals surface area contributed by atoms with Gasteiger partial charge in [-0.25, -0.2) is 14.0 Å². The highest BCUT2D eigenvalue weighted by Gasteiger charge is 2.28. The summed E-state index contributed by atoms with van der Waals surface area (Å²) in [5.74, 6) is -0.699. The Balaban J connectivity index is 1.48. The second kappa shape index (κ2) is 14.5. The highest BCUT2D eigenvalue weighted by Crippen LogP contribution is 2.42. The van der Waals surface area contributed by atoms with E-state index < -0.39 is 17.7 Å². The Morgan fingerprint density at radius 1 is 1.02 bits per heavy atom. The molecule has 0 aliphatic carbocycles. The summed E-state index contributed by atoms with van der Waals surface area (Å²) >= 11 is 6.95. The van der Waals surface area contributed by atoms with Gasteiger partial charge in [0, 0.05) is 54.8 Å². The van der Waals surface area contributed by atoms with Crippen LogP contribution in [-0.4, -0.2) is 62.2 Å². The predicted molar refractivity (Wildman–Crippen MR) is 191 cm³/mol. The van der Waals surface area contributed by atoms with Crippen molar-refractivity contribution < 1.29 is 28.6 Å². The van der Waals surface area contributed by atoms with Gasteiger partial charge in [0.1, 0.15) is 22.9 Å². The summed E-state index contributed by atoms with van der Waals surface area (Å²) in [7, 11) is 3.57. The van der Waals surface area contributed by atoms with Crippen LogP contribution in [-0.2, 0) is 24.8 Å². The maximum Gasteiger partial charge on any atom is 0.410 e. The van der Waals surface area contributed by atoms with Crippen molar-refractivity contribution in [2.24, 2.45) is 7.05 Å². The van der Waals surface area contributed by atoms with Crippen molar-refractivity contribution in [3.05, 3.63) is 82.0 Å². The minimum atomic E-state index is -1.03. The molecule has 0 radical (unpaired) electrons. The first-order chi connectivity index (χ1) is 23.2. The van der Waals surface area contributed by atoms with E-state index in [2.05, 4.69) is 5.10 Å². The van der Waals surface area contributed by atoms with Crippen molar-refractivity contribution in [3.63, 3.8) is 0 Å². The number of rotatable bonds is 12. The van der Waals surface area contributed by atoms with Crippen LogP contribution in [0.4, 0.5) is 9.18 Å². The fraction of sp³-hybridized carbons (Fsp3) is 0.395. The van der Waals surface area contributed by atoms with E-state index in [9.17, 15) is 19.1 Å². The molecule has 1 N–H and O–H groups in total. The normalized spacial score (nSPS) is 11.8. The molecule has 0 aliphatic heterocycles. The first kappa shape index (κ1) is 35.7. The third kappa shape index (κ3) is 7.69. The Labute approximate surface area is 291 Å². The van der Waals surface area contributed by atoms with Crippen LogP contribution in [0.2, 0.25) is 5.02 Å². The Bertz CT molecular complexity index is 2030. The second-order valence-corrected chi connectivity index (χ2v) is 13.9. The van der Waals surface area contributed by atoms with E-state index in [1.54, 1.807) is 22.7 Å². The number of amides is 1. The maximum absolute atomic E-state index is 13.8. The van der Waals surface area contributed by atoms with E-state index in [0.717, 1.165) is 44.2 Å². The van der Waals surface area contributed by atoms with E-state index in [-0.39, 0.29) is 11.5 Å². The molecule has 0 aliphatic rings. The summed E-state index contributed by atoms with van der Waals surface area (Å²) in [5, 5.41) is 18.2. The van der Waals surface area contributed by atoms with Gasteiger partial charge in [0.2, 0.25) is 0 Å². The predicted octanol–water partition coefficient (Wildman–Crippen LogP) is 8.96. The number of carbonyl (C=O) groups excluding carboxylic acids is 1. The summed E-state index contributed by atoms with van der Waals surface area (Å²) in [6.07, 6.45) is 1.83. The molecule has 49 heavy (non-hydrogen) atoms. The van der Waals surface area contributed by atoms with E-state index >= 15 is 0 Å². The Morgan fingerprint density at radius 3 is 2.43 bits per heavy atom. The van der Waals surface area contributed by atoms with Crippen molar-refractivity contribution >= 4 is 45.3 Å². The highest BCUT2D eigenvalue weighted by atomic mass is 35.5. The molecule has 0 fully saturated rings. The minimum Gasteiger partial charge on any atom is -0.493 e. The monoisotopic (exact) mass is 690 g/mol. The first-order valence-electron chi connectivity index (χ1n) is 16.5. The number of nitrogens with zero attached hydrogens (tertiary/aromatic N) is 4. The van der Waals surface area contributed by atoms with Crippen LogP contribution in [0.5, 0.6) is 5.75 Å². The number of carbonyl (C=O) groups is 2. The quantitative estimate of drug-likeness (QED) is 0.131. The number of aromatic nitrogens is 3. The zero-order valence-electron chi connectivity index (χ0n) is 29.2. The van der Waals surface area contributed by atoms with Crippen LogP contribution in [0.15, 0.2) is 48.5 Å². The van der Waals surface area contributed by atoms with Gasteiger partial charge in [-0.2, -0.15) is 5.10 Å². The molecule has 0 unspecified atom stereocenters. The van der Waals surface area contributed by atoms with Gasteiger partial charge < -0.3 is 24.0 Å². The number of ether oxygens (including phenoxy) is 2. The SMILES string of the molecule is Cc1nn(C)c(C)c1-c1c(Cl)ccc2c(CCCOc3cccc4cc(F)ccc34)c(C(=O)O)n(CCCCN(C)C(=O)OC(C)(C)C)c12. The molecule has 0 bridgehead atoms. The number of hydrogen-bond acceptors (Lipinski definition) is 5. The zero-order chi connectivity index (χ0) is 35.6. The van der Waals surface area contributed by atoms with E-state index in [4.69, 9.17) is 21.1 Å². The van der Waals surface area contributed by atoms with Gasteiger partial charge in [0.15, 0.2) is 0 Å². The molecule has 0 saturated carbocycles. The fourth-order valence-electron chi connectivity index (χ4n) is 6.42. The van der Waals surface area contributed by atoms with Gasteiger partial charge in [-0.3, -0.25) is 4.68 Å². The van der Waals surface area contributed by atoms with Crippen LogP contribution < -0.4 is 4.74 Å². The van der Waals surface area contributed by atoms with Gasteiger partial charge in [-0.1, -0.05) is 29.8 Å². The lowest BCUT2D eigenvalue weighted by Crippen LogP contribution is -2.34. The molecule has 0 spiro atoms. The molecule has 1 amide bonds. The van der Waals surface area contributed by atoms with Crippen LogP contribution in [0.3, 0.4) is 0 Å². The van der Waals surface area contributed by atoms with E-state index in [0.29, 0.717) is 61.7 Å². The number of halogens is 2. The topological polar surface area (TPSA) is 98.8 Å². The third-order valence-electron chi connectivity index (χ3n) is 8.70. The Morgan fingerprint density at radius 2 is 1.76 bits per heavy atom. The molecule has 5 aromatic rings. The van der Waals surface area contributed by atoms with Crippen molar-refractivity contribution in [3.8, 4) is 16.9 Å². The van der Waals surface area contributed by atoms with E-state index in [1.807, 2.05) is 76.6 Å². The van der Waals surface area contributed by atoms with Crippen LogP contribution in [0.25, 0.3) is 32.8 Å². The largest absolute Gasteiger partial charge is 0.493 e. The fourth-order valence-corrected chi connectivity index (χ4v) is 6.67. The van der Waals surface area contributed by atoms with Gasteiger partial charge in [0.25, 0.3) is 0 Å². The lowest BCUT2D eigenvalue weighted by atomic mass is 9.98. The van der Waals surface area contributed by atoms with Gasteiger partial charge >= 0.3 is 12.1 Å². The molecule has 0 saturated heterocycles. The van der Waals surface area contributed by atoms with Crippen molar-refractivity contribution in [1.82, 2.24) is 19.2 Å². The van der Waals surface area contributed by atoms with Crippen molar-refractivity contribution in [1.29, 1.82) is 0 Å². The van der Waals surface area contributed by atoms with Gasteiger partial charge in [0.05, 0.1) is 22.8 Å². The summed E-state index contributed by atoms with van der Waals surface area (Å²) in [5.41, 5.74) is 4.40. The minimum absolute atomic E-state index is 0.207. The summed E-state index contributed by atoms with van der Waals surface area (Å²) in [4.78, 5) is 27.1. The molecule has 5 rings (SSSR count). The smallest absolute Gasteiger partial charge is 0.410 e. The van der Waals surface area contributed by atoms with Gasteiger partial charge in [-0.05, 0) is 102 Å². The second-order valence-electron chi connectivity index (χ2n) is 13.5. The maximum atomic E-state index is 13.8. The molecule has 3 aromatic carbocycles. The number of aromatic carboxylic acids is 1. The Kier molecular flexibility index (Phi) is 10.6. The summed E-state index contributed by atoms with van der Waals surface area (Å²) in [6.45, 7) is 10.6. The number of benzene rings is 3. The van der Waals surface area contributed by atoms with Crippen molar-refractivity contribution in [2.45, 2.75) is 72.4 Å². The number of unbranched alkanes of at least 4 members (excludes halogenated alkanes) is 1. The Hall–Kier alpha value is -4.57. The third-order valence-corrected chi connectivity index (χ3v) is 9.02. The average molecular weight is 691 g/mol. The number of fused-ring (bicyclic) bond motifs is 2. The van der Waals surface area contributed by atoms with Crippen LogP contribution in [0, 0.1) is 19.7 Å². The molecule has 9 nitrogen and oxygen atoms in total. The molecule has 260 valence electrons. The average Bonchev–Trinajstić information content (AvgIpc) is 3.47. The van der Waals surface area contributed by atoms with Crippen LogP contribution >= 0.6 is 11.6 Å². The lowest BCUT2D eigenvalue weighted by Gasteiger charge is -2.24. The lowest BCUT2D eigenvalue weighted by molar-refractivity contribution is 0.0296. The standard InChI is InChI=1S/C38H44ClFN4O5/c1-23-32(24(2)43(7)41-23)33-30(39)18-17-29-28(13-11-21-48-31-14-10-12-25-22-26(40)15-16-27(25)31)35(36(45)46)44(34(29)33)20-9-8-19-42(6)37(47)49-38(3,4)5/h10,12,14-18,22H,8-9,11,13,19-21H2,1-7H3,(H,45,46). The molecular weight excluding hydrogens is 647 g/mol. The van der Waals surface area contributed by atoms with Crippen LogP contribution in [0.1, 0.15) is 67.5 Å². The number of carboxylic acid groups (broad SMARTS) is 1. The first-order valence-corrected chi connectivity index (χ1v) is 16.9. The summed E-state index contributed by atoms with van der Waals surface area (Å²) in [6, 6.07) is 13.8. The highest BCUT2D eigenvalue weighted by molar-refractivity contribution is 6.35. The van der Waals surface area contributed by atoms with Crippen molar-refractivity contribution in [2.75, 3.05) is 20.2 Å². The molecule has 0 atom stereocenters. The number of aryl methyl sites for hydroxylation is 4. The zero-order valence-corrected chi connectivity index (χ0v) is 29.9.